The molecular formula is C13H21NS. The van der Waals surface area contributed by atoms with Crippen molar-refractivity contribution in [3.63, 3.8) is 0 Å². The summed E-state index contributed by atoms with van der Waals surface area (Å²) >= 11 is 1.86. The maximum atomic E-state index is 3.76. The molecule has 0 fully saturated rings. The predicted molar refractivity (Wildman–Crippen MR) is 69.5 cm³/mol. The Hall–Kier alpha value is -0.600. The molecule has 0 saturated carbocycles. The van der Waals surface area contributed by atoms with Gasteiger partial charge >= 0.3 is 0 Å². The van der Waals surface area contributed by atoms with Crippen LogP contribution in [-0.4, -0.2) is 13.1 Å². The summed E-state index contributed by atoms with van der Waals surface area (Å²) in [6.45, 7) is 3.76. The van der Waals surface area contributed by atoms with Crippen LogP contribution in [0.15, 0.2) is 30.2 Å². The molecule has 84 valence electrons. The van der Waals surface area contributed by atoms with Crippen LogP contribution in [0.3, 0.4) is 0 Å². The molecule has 1 rings (SSSR count). The maximum Gasteiger partial charge on any atom is 0.00671 e. The second-order valence-electron chi connectivity index (χ2n) is 3.82. The summed E-state index contributed by atoms with van der Waals surface area (Å²) in [5.74, 6) is 0. The molecule has 0 aliphatic carbocycles. The average Bonchev–Trinajstić information content (AvgIpc) is 2.76. The fraction of sp³-hybridized carbons (Fsp3) is 0.538. The monoisotopic (exact) mass is 223 g/mol. The second kappa shape index (κ2) is 7.66. The van der Waals surface area contributed by atoms with Gasteiger partial charge in [-0.1, -0.05) is 12.1 Å². The third-order valence-electron chi connectivity index (χ3n) is 2.68. The molecule has 1 N–H and O–H groups in total. The van der Waals surface area contributed by atoms with Crippen LogP contribution in [0.4, 0.5) is 0 Å². The van der Waals surface area contributed by atoms with E-state index in [9.17, 15) is 0 Å². The van der Waals surface area contributed by atoms with Crippen LogP contribution in [0.1, 0.15) is 30.6 Å². The normalized spacial score (nSPS) is 12.6. The van der Waals surface area contributed by atoms with Gasteiger partial charge in [-0.2, -0.15) is 0 Å². The minimum Gasteiger partial charge on any atom is -0.317 e. The van der Waals surface area contributed by atoms with Crippen LogP contribution >= 0.6 is 11.3 Å². The molecule has 1 atom stereocenters. The van der Waals surface area contributed by atoms with Crippen molar-refractivity contribution in [2.45, 2.75) is 38.1 Å². The van der Waals surface area contributed by atoms with Crippen molar-refractivity contribution in [3.05, 3.63) is 35.0 Å². The van der Waals surface area contributed by atoms with Gasteiger partial charge in [0.05, 0.1) is 0 Å². The van der Waals surface area contributed by atoms with E-state index in [-0.39, 0.29) is 0 Å². The van der Waals surface area contributed by atoms with Gasteiger partial charge in [-0.05, 0) is 50.6 Å². The van der Waals surface area contributed by atoms with Crippen molar-refractivity contribution in [1.82, 2.24) is 5.32 Å². The lowest BCUT2D eigenvalue weighted by Crippen LogP contribution is -2.24. The SMILES string of the molecule is C=CCCC(CCCc1cccs1)NC. The lowest BCUT2D eigenvalue weighted by Gasteiger charge is -2.14. The molecule has 0 aliphatic rings. The third kappa shape index (κ3) is 5.14. The van der Waals surface area contributed by atoms with E-state index in [1.54, 1.807) is 0 Å². The number of hydrogen-bond acceptors (Lipinski definition) is 2. The first-order valence-corrected chi connectivity index (χ1v) is 6.55. The van der Waals surface area contributed by atoms with Gasteiger partial charge in [0.2, 0.25) is 0 Å². The van der Waals surface area contributed by atoms with Crippen molar-refractivity contribution in [2.75, 3.05) is 7.05 Å². The lowest BCUT2D eigenvalue weighted by molar-refractivity contribution is 0.478. The zero-order chi connectivity index (χ0) is 10.9. The van der Waals surface area contributed by atoms with E-state index in [2.05, 4.69) is 36.5 Å². The first-order chi connectivity index (χ1) is 7.36. The molecule has 0 aliphatic heterocycles. The highest BCUT2D eigenvalue weighted by atomic mass is 32.1. The van der Waals surface area contributed by atoms with Crippen LogP contribution in [-0.2, 0) is 6.42 Å². The molecule has 1 aromatic heterocycles. The molecule has 0 radical (unpaired) electrons. The molecule has 0 amide bonds. The topological polar surface area (TPSA) is 12.0 Å². The van der Waals surface area contributed by atoms with Gasteiger partial charge in [0.15, 0.2) is 0 Å². The molecule has 15 heavy (non-hydrogen) atoms. The molecule has 0 saturated heterocycles. The first kappa shape index (κ1) is 12.5. The Morgan fingerprint density at radius 2 is 2.40 bits per heavy atom. The average molecular weight is 223 g/mol. The largest absolute Gasteiger partial charge is 0.317 e. The second-order valence-corrected chi connectivity index (χ2v) is 4.86. The van der Waals surface area contributed by atoms with Gasteiger partial charge in [0.1, 0.15) is 0 Å². The Balaban J connectivity index is 2.14. The van der Waals surface area contributed by atoms with Gasteiger partial charge < -0.3 is 5.32 Å². The Morgan fingerprint density at radius 1 is 1.53 bits per heavy atom. The Bertz CT molecular complexity index is 254. The van der Waals surface area contributed by atoms with E-state index >= 15 is 0 Å². The van der Waals surface area contributed by atoms with Gasteiger partial charge in [-0.25, -0.2) is 0 Å². The van der Waals surface area contributed by atoms with Crippen molar-refractivity contribution >= 4 is 11.3 Å². The number of allylic oxidation sites excluding steroid dienone is 1. The van der Waals surface area contributed by atoms with Crippen LogP contribution in [0.25, 0.3) is 0 Å². The summed E-state index contributed by atoms with van der Waals surface area (Å²) in [5, 5.41) is 5.53. The minimum atomic E-state index is 0.656. The number of nitrogens with one attached hydrogen (secondary N) is 1. The van der Waals surface area contributed by atoms with Crippen LogP contribution in [0.2, 0.25) is 0 Å². The fourth-order valence-corrected chi connectivity index (χ4v) is 2.48. The summed E-state index contributed by atoms with van der Waals surface area (Å²) in [6.07, 6.45) is 8.11. The van der Waals surface area contributed by atoms with Crippen molar-refractivity contribution in [3.8, 4) is 0 Å². The molecule has 1 heterocycles. The number of thiophene rings is 1. The molecule has 0 aromatic carbocycles. The van der Waals surface area contributed by atoms with Crippen LogP contribution in [0.5, 0.6) is 0 Å². The number of rotatable bonds is 8. The van der Waals surface area contributed by atoms with Crippen molar-refractivity contribution in [1.29, 1.82) is 0 Å². The summed E-state index contributed by atoms with van der Waals surface area (Å²) in [4.78, 5) is 1.51. The zero-order valence-electron chi connectivity index (χ0n) is 9.54. The highest BCUT2D eigenvalue weighted by Gasteiger charge is 2.04. The summed E-state index contributed by atoms with van der Waals surface area (Å²) < 4.78 is 0. The van der Waals surface area contributed by atoms with Gasteiger partial charge in [0, 0.05) is 10.9 Å². The van der Waals surface area contributed by atoms with E-state index in [4.69, 9.17) is 0 Å². The zero-order valence-corrected chi connectivity index (χ0v) is 10.4. The van der Waals surface area contributed by atoms with E-state index in [0.29, 0.717) is 6.04 Å². The maximum absolute atomic E-state index is 3.76. The van der Waals surface area contributed by atoms with Gasteiger partial charge in [-0.3, -0.25) is 0 Å². The molecule has 1 nitrogen and oxygen atoms in total. The fourth-order valence-electron chi connectivity index (χ4n) is 1.73. The van der Waals surface area contributed by atoms with Crippen molar-refractivity contribution in [2.24, 2.45) is 0 Å². The summed E-state index contributed by atoms with van der Waals surface area (Å²) in [5.41, 5.74) is 0. The Kier molecular flexibility index (Phi) is 6.37. The Morgan fingerprint density at radius 3 is 3.00 bits per heavy atom. The number of aryl methyl sites for hydroxylation is 1. The van der Waals surface area contributed by atoms with E-state index in [1.807, 2.05) is 17.4 Å². The van der Waals surface area contributed by atoms with Crippen molar-refractivity contribution < 1.29 is 0 Å². The minimum absolute atomic E-state index is 0.656. The molecular weight excluding hydrogens is 202 g/mol. The smallest absolute Gasteiger partial charge is 0.00671 e. The first-order valence-electron chi connectivity index (χ1n) is 5.67. The Labute approximate surface area is 97.2 Å². The summed E-state index contributed by atoms with van der Waals surface area (Å²) in [6, 6.07) is 5.01. The van der Waals surface area contributed by atoms with E-state index < -0.39 is 0 Å². The predicted octanol–water partition coefficient (Wildman–Crippen LogP) is 3.63. The van der Waals surface area contributed by atoms with Crippen LogP contribution < -0.4 is 5.32 Å². The quantitative estimate of drug-likeness (QED) is 0.664. The third-order valence-corrected chi connectivity index (χ3v) is 3.62. The number of hydrogen-bond donors (Lipinski definition) is 1. The van der Waals surface area contributed by atoms with Crippen LogP contribution in [0, 0.1) is 0 Å². The highest BCUT2D eigenvalue weighted by molar-refractivity contribution is 7.09. The highest BCUT2D eigenvalue weighted by Crippen LogP contribution is 2.14. The molecule has 0 spiro atoms. The lowest BCUT2D eigenvalue weighted by atomic mass is 10.0. The summed E-state index contributed by atoms with van der Waals surface area (Å²) in [7, 11) is 2.05. The molecule has 1 unspecified atom stereocenters. The van der Waals surface area contributed by atoms with Gasteiger partial charge in [-0.15, -0.1) is 17.9 Å². The molecule has 0 bridgehead atoms. The molecule has 1 aromatic rings. The van der Waals surface area contributed by atoms with Gasteiger partial charge in [0.25, 0.3) is 0 Å². The standard InChI is InChI=1S/C13H21NS/c1-3-4-7-12(14-2)8-5-9-13-10-6-11-15-13/h3,6,10-12,14H,1,4-5,7-9H2,2H3. The molecule has 2 heteroatoms. The van der Waals surface area contributed by atoms with E-state index in [0.717, 1.165) is 6.42 Å². The van der Waals surface area contributed by atoms with E-state index in [1.165, 1.54) is 30.6 Å².